The maximum absolute atomic E-state index is 12.3. The molecule has 0 saturated heterocycles. The Kier molecular flexibility index (Phi) is 12.1. The van der Waals surface area contributed by atoms with Gasteiger partial charge in [0.05, 0.1) is 22.7 Å². The fraction of sp³-hybridized carbons (Fsp3) is 0.0476. The molecule has 0 aliphatic rings. The van der Waals surface area contributed by atoms with E-state index < -0.39 is 32.7 Å². The molecule has 0 heterocycles. The Morgan fingerprint density at radius 1 is 0.531 bits per heavy atom. The molecular weight excluding hydrogens is 871 g/mol. The zero-order valence-corrected chi connectivity index (χ0v) is 34.9. The molecular formula is C42H33N9O11S2. The van der Waals surface area contributed by atoms with Gasteiger partial charge in [-0.15, -0.1) is 15.3 Å². The van der Waals surface area contributed by atoms with Crippen molar-refractivity contribution in [3.8, 4) is 22.6 Å². The second kappa shape index (κ2) is 17.7. The minimum absolute atomic E-state index is 0.0334. The van der Waals surface area contributed by atoms with Crippen LogP contribution in [-0.4, -0.2) is 42.9 Å². The Morgan fingerprint density at radius 2 is 0.938 bits per heavy atom. The SMILES string of the molecule is Cc1cc(-c2ccc(N=Nc3ccc4ccc(N)cc4c3OS(=O)(=O)O)c(C)c2)ccc1N=Nc1ccc(N=Nc2ccc3ccc(N)cc3c2OS(=O)(=O)O)cc1NC(=O)C(=O)O. The number of hydrogen-bond donors (Lipinski definition) is 6. The molecule has 1 amide bonds. The molecule has 0 aromatic heterocycles. The summed E-state index contributed by atoms with van der Waals surface area (Å²) in [6.07, 6.45) is 0. The predicted molar refractivity (Wildman–Crippen MR) is 238 cm³/mol. The minimum Gasteiger partial charge on any atom is -0.474 e. The molecule has 7 rings (SSSR count). The summed E-state index contributed by atoms with van der Waals surface area (Å²) in [5.41, 5.74) is 16.3. The number of carbonyl (C=O) groups excluding carboxylic acids is 1. The number of carbonyl (C=O) groups is 2. The van der Waals surface area contributed by atoms with Crippen molar-refractivity contribution in [3.63, 3.8) is 0 Å². The molecule has 324 valence electrons. The van der Waals surface area contributed by atoms with Crippen LogP contribution in [0.25, 0.3) is 32.7 Å². The first-order valence-corrected chi connectivity index (χ1v) is 21.2. The molecule has 0 aliphatic carbocycles. The van der Waals surface area contributed by atoms with Crippen LogP contribution < -0.4 is 25.2 Å². The summed E-state index contributed by atoms with van der Waals surface area (Å²) in [6.45, 7) is 3.61. The summed E-state index contributed by atoms with van der Waals surface area (Å²) < 4.78 is 75.4. The number of aliphatic carboxylic acids is 1. The quantitative estimate of drug-likeness (QED) is 0.0288. The number of nitrogens with one attached hydrogen (secondary N) is 1. The lowest BCUT2D eigenvalue weighted by Gasteiger charge is -2.10. The van der Waals surface area contributed by atoms with E-state index in [0.29, 0.717) is 38.8 Å². The van der Waals surface area contributed by atoms with Gasteiger partial charge in [-0.05, 0) is 126 Å². The number of rotatable bonds is 12. The van der Waals surface area contributed by atoms with Crippen LogP contribution in [0.3, 0.4) is 0 Å². The maximum Gasteiger partial charge on any atom is 0.446 e. The number of hydrogen-bond acceptors (Lipinski definition) is 16. The monoisotopic (exact) mass is 903 g/mol. The molecule has 0 saturated carbocycles. The molecule has 64 heavy (non-hydrogen) atoms. The van der Waals surface area contributed by atoms with Gasteiger partial charge in [0.2, 0.25) is 0 Å². The average molecular weight is 904 g/mol. The standard InChI is InChI=1S/C42H33N9O11S2/c1-22-17-26(27-8-13-34(23(2)18-27)48-51-37-15-6-25-4-10-29(44)20-32(25)40(37)62-64(58,59)60)7-12-33(22)47-49-35-16-11-30(21-38(35)45-41(52)42(53)54)46-50-36-14-5-24-3-9-28(43)19-31(24)39(36)61-63(55,56)57/h3-21H,43-44H2,1-2H3,(H,45,52)(H,53,54)(H,55,56,57)(H,58,59,60). The Bertz CT molecular complexity index is 3380. The number of nitrogen functional groups attached to an aromatic ring is 2. The van der Waals surface area contributed by atoms with Crippen LogP contribution in [0.2, 0.25) is 0 Å². The average Bonchev–Trinajstić information content (AvgIpc) is 3.22. The van der Waals surface area contributed by atoms with Crippen molar-refractivity contribution >= 4 is 105 Å². The number of carboxylic acid groups (broad SMARTS) is 1. The van der Waals surface area contributed by atoms with E-state index in [1.807, 2.05) is 25.1 Å². The van der Waals surface area contributed by atoms with Crippen molar-refractivity contribution in [3.05, 3.63) is 126 Å². The van der Waals surface area contributed by atoms with Crippen molar-refractivity contribution in [2.45, 2.75) is 13.8 Å². The molecule has 7 aromatic carbocycles. The van der Waals surface area contributed by atoms with Gasteiger partial charge in [-0.2, -0.15) is 32.2 Å². The van der Waals surface area contributed by atoms with Gasteiger partial charge in [-0.25, -0.2) is 4.79 Å². The molecule has 20 nitrogen and oxygen atoms in total. The van der Waals surface area contributed by atoms with Gasteiger partial charge < -0.3 is 30.3 Å². The molecule has 0 aliphatic heterocycles. The highest BCUT2D eigenvalue weighted by atomic mass is 32.3. The predicted octanol–water partition coefficient (Wildman–Crippen LogP) is 10.1. The van der Waals surface area contributed by atoms with Gasteiger partial charge in [-0.1, -0.05) is 36.4 Å². The second-order valence-corrected chi connectivity index (χ2v) is 15.9. The van der Waals surface area contributed by atoms with Gasteiger partial charge in [-0.3, -0.25) is 13.9 Å². The Labute approximate surface area is 363 Å². The van der Waals surface area contributed by atoms with E-state index in [9.17, 15) is 40.6 Å². The Hall–Kier alpha value is -8.18. The first-order valence-electron chi connectivity index (χ1n) is 18.4. The van der Waals surface area contributed by atoms with Crippen molar-refractivity contribution in [1.29, 1.82) is 0 Å². The van der Waals surface area contributed by atoms with Crippen molar-refractivity contribution in [2.75, 3.05) is 16.8 Å². The van der Waals surface area contributed by atoms with Crippen molar-refractivity contribution < 1.29 is 49.0 Å². The second-order valence-electron chi connectivity index (χ2n) is 13.9. The minimum atomic E-state index is -4.99. The van der Waals surface area contributed by atoms with Gasteiger partial charge in [0.1, 0.15) is 17.1 Å². The van der Waals surface area contributed by atoms with Gasteiger partial charge in [0, 0.05) is 22.1 Å². The molecule has 0 atom stereocenters. The highest BCUT2D eigenvalue weighted by molar-refractivity contribution is 7.81. The van der Waals surface area contributed by atoms with Crippen LogP contribution in [0, 0.1) is 13.8 Å². The fourth-order valence-electron chi connectivity index (χ4n) is 6.31. The number of amides is 1. The lowest BCUT2D eigenvalue weighted by Crippen LogP contribution is -2.21. The first kappa shape index (κ1) is 43.9. The molecule has 0 bridgehead atoms. The highest BCUT2D eigenvalue weighted by Crippen LogP contribution is 2.41. The summed E-state index contributed by atoms with van der Waals surface area (Å²) >= 11 is 0. The Balaban J connectivity index is 1.13. The normalized spacial score (nSPS) is 12.1. The van der Waals surface area contributed by atoms with E-state index in [1.54, 1.807) is 61.5 Å². The number of anilines is 3. The van der Waals surface area contributed by atoms with Gasteiger partial charge in [0.15, 0.2) is 11.5 Å². The lowest BCUT2D eigenvalue weighted by atomic mass is 10.0. The maximum atomic E-state index is 12.3. The zero-order chi connectivity index (χ0) is 45.9. The number of nitrogens with zero attached hydrogens (tertiary/aromatic N) is 6. The largest absolute Gasteiger partial charge is 0.474 e. The van der Waals surface area contributed by atoms with Crippen LogP contribution in [0.5, 0.6) is 11.5 Å². The smallest absolute Gasteiger partial charge is 0.446 e. The third kappa shape index (κ3) is 10.5. The molecule has 0 unspecified atom stereocenters. The highest BCUT2D eigenvalue weighted by Gasteiger charge is 2.19. The van der Waals surface area contributed by atoms with Crippen LogP contribution in [-0.2, 0) is 30.4 Å². The van der Waals surface area contributed by atoms with Crippen LogP contribution >= 0.6 is 0 Å². The van der Waals surface area contributed by atoms with E-state index in [-0.39, 0.29) is 51.0 Å². The molecule has 0 radical (unpaired) electrons. The van der Waals surface area contributed by atoms with Crippen molar-refractivity contribution in [1.82, 2.24) is 0 Å². The number of azo groups is 3. The van der Waals surface area contributed by atoms with Gasteiger partial charge >= 0.3 is 32.7 Å². The third-order valence-electron chi connectivity index (χ3n) is 9.28. The molecule has 0 spiro atoms. The number of benzene rings is 7. The zero-order valence-electron chi connectivity index (χ0n) is 33.2. The third-order valence-corrected chi connectivity index (χ3v) is 10.0. The first-order chi connectivity index (χ1) is 30.3. The number of nitrogens with two attached hydrogens (primary N) is 2. The van der Waals surface area contributed by atoms with Crippen LogP contribution in [0.4, 0.5) is 51.2 Å². The summed E-state index contributed by atoms with van der Waals surface area (Å²) in [5, 5.41) is 38.5. The fourth-order valence-corrected chi connectivity index (χ4v) is 7.08. The lowest BCUT2D eigenvalue weighted by molar-refractivity contribution is -0.147. The van der Waals surface area contributed by atoms with E-state index >= 15 is 0 Å². The molecule has 22 heteroatoms. The number of aryl methyl sites for hydroxylation is 2. The van der Waals surface area contributed by atoms with Gasteiger partial charge in [0.25, 0.3) is 0 Å². The van der Waals surface area contributed by atoms with E-state index in [0.717, 1.165) is 16.7 Å². The molecule has 8 N–H and O–H groups in total. The van der Waals surface area contributed by atoms with E-state index in [1.165, 1.54) is 42.5 Å². The number of carboxylic acids is 1. The van der Waals surface area contributed by atoms with Crippen LogP contribution in [0.15, 0.2) is 146 Å². The number of fused-ring (bicyclic) bond motifs is 2. The summed E-state index contributed by atoms with van der Waals surface area (Å²) in [7, 11) is -9.90. The topological polar surface area (TPSA) is 320 Å². The van der Waals surface area contributed by atoms with Crippen LogP contribution in [0.1, 0.15) is 11.1 Å². The summed E-state index contributed by atoms with van der Waals surface area (Å²) in [6, 6.07) is 30.5. The summed E-state index contributed by atoms with van der Waals surface area (Å²) in [4.78, 5) is 23.7. The van der Waals surface area contributed by atoms with E-state index in [4.69, 9.17) is 19.8 Å². The molecule has 7 aromatic rings. The summed E-state index contributed by atoms with van der Waals surface area (Å²) in [5.74, 6) is -3.74. The molecule has 0 fully saturated rings. The van der Waals surface area contributed by atoms with E-state index in [2.05, 4.69) is 36.0 Å². The van der Waals surface area contributed by atoms with Crippen molar-refractivity contribution in [2.24, 2.45) is 30.7 Å². The Morgan fingerprint density at radius 3 is 1.39 bits per heavy atom.